The fourth-order valence-electron chi connectivity index (χ4n) is 1.35. The van der Waals surface area contributed by atoms with Crippen molar-refractivity contribution in [2.45, 2.75) is 66.2 Å². The lowest BCUT2D eigenvalue weighted by molar-refractivity contribution is -0.0657. The molecule has 0 aliphatic carbocycles. The average Bonchev–Trinajstić information content (AvgIpc) is 2.17. The highest BCUT2D eigenvalue weighted by Crippen LogP contribution is 2.33. The molecule has 0 aliphatic rings. The van der Waals surface area contributed by atoms with Crippen LogP contribution in [0.4, 0.5) is 8.78 Å². The summed E-state index contributed by atoms with van der Waals surface area (Å²) in [7, 11) is 0. The van der Waals surface area contributed by atoms with Gasteiger partial charge in [-0.2, -0.15) is 0 Å². The summed E-state index contributed by atoms with van der Waals surface area (Å²) in [5.74, 6) is -2.84. The molecule has 0 radical (unpaired) electrons. The molecular formula is C11H24F2. The van der Waals surface area contributed by atoms with Crippen molar-refractivity contribution in [2.75, 3.05) is 0 Å². The maximum atomic E-state index is 13.0. The van der Waals surface area contributed by atoms with Gasteiger partial charge in [0.1, 0.15) is 0 Å². The molecular weight excluding hydrogens is 170 g/mol. The summed E-state index contributed by atoms with van der Waals surface area (Å²) in [6.45, 7) is 9.34. The highest BCUT2D eigenvalue weighted by molar-refractivity contribution is 4.73. The molecule has 0 spiro atoms. The molecule has 0 N–H and O–H groups in total. The Morgan fingerprint density at radius 3 is 1.77 bits per heavy atom. The maximum Gasteiger partial charge on any atom is 0.250 e. The number of hydrogen-bond acceptors (Lipinski definition) is 0. The molecule has 0 aromatic rings. The van der Waals surface area contributed by atoms with Gasteiger partial charge in [-0.15, -0.1) is 0 Å². The van der Waals surface area contributed by atoms with Crippen LogP contribution in [0.1, 0.15) is 60.3 Å². The number of halogens is 2. The summed E-state index contributed by atoms with van der Waals surface area (Å²) in [6, 6.07) is 0. The van der Waals surface area contributed by atoms with Crippen molar-refractivity contribution in [3.63, 3.8) is 0 Å². The first-order chi connectivity index (χ1) is 6.08. The Balaban J connectivity index is 0. The Morgan fingerprint density at radius 1 is 1.08 bits per heavy atom. The van der Waals surface area contributed by atoms with Crippen LogP contribution in [0.3, 0.4) is 0 Å². The standard InChI is InChI=1S/C9H18F2.C2H6/c1-4-7-8(5-2)9(10,11)6-3;1-2/h8H,4-7H2,1-3H3;1-2H3. The van der Waals surface area contributed by atoms with E-state index >= 15 is 0 Å². The molecule has 0 aliphatic heterocycles. The van der Waals surface area contributed by atoms with Crippen molar-refractivity contribution in [2.24, 2.45) is 5.92 Å². The van der Waals surface area contributed by atoms with E-state index in [1.807, 2.05) is 27.7 Å². The van der Waals surface area contributed by atoms with Crippen LogP contribution in [-0.4, -0.2) is 5.92 Å². The third-order valence-electron chi connectivity index (χ3n) is 2.20. The molecule has 0 saturated heterocycles. The summed E-state index contributed by atoms with van der Waals surface area (Å²) in [5.41, 5.74) is 0. The summed E-state index contributed by atoms with van der Waals surface area (Å²) in [4.78, 5) is 0. The van der Waals surface area contributed by atoms with E-state index in [4.69, 9.17) is 0 Å². The van der Waals surface area contributed by atoms with E-state index in [0.717, 1.165) is 6.42 Å². The SMILES string of the molecule is CC.CCCC(CC)C(F)(F)CC. The predicted octanol–water partition coefficient (Wildman–Crippen LogP) is 4.88. The van der Waals surface area contributed by atoms with Crippen LogP contribution >= 0.6 is 0 Å². The van der Waals surface area contributed by atoms with Crippen LogP contribution in [0.25, 0.3) is 0 Å². The Bertz CT molecular complexity index is 100. The summed E-state index contributed by atoms with van der Waals surface area (Å²) < 4.78 is 26.0. The van der Waals surface area contributed by atoms with Gasteiger partial charge in [-0.1, -0.05) is 41.0 Å². The minimum atomic E-state index is -2.44. The quantitative estimate of drug-likeness (QED) is 0.585. The van der Waals surface area contributed by atoms with Crippen LogP contribution in [0.2, 0.25) is 0 Å². The first-order valence-electron chi connectivity index (χ1n) is 5.46. The molecule has 2 heteroatoms. The van der Waals surface area contributed by atoms with Crippen LogP contribution in [0, 0.1) is 5.92 Å². The van der Waals surface area contributed by atoms with Gasteiger partial charge < -0.3 is 0 Å². The second-order valence-corrected chi connectivity index (χ2v) is 3.01. The van der Waals surface area contributed by atoms with E-state index in [0.29, 0.717) is 12.8 Å². The molecule has 0 aromatic carbocycles. The largest absolute Gasteiger partial charge is 0.250 e. The lowest BCUT2D eigenvalue weighted by Gasteiger charge is -2.24. The minimum absolute atomic E-state index is 0.0223. The molecule has 13 heavy (non-hydrogen) atoms. The Labute approximate surface area is 81.7 Å². The van der Waals surface area contributed by atoms with Gasteiger partial charge in [0.15, 0.2) is 0 Å². The molecule has 0 saturated carbocycles. The third-order valence-corrected chi connectivity index (χ3v) is 2.20. The second kappa shape index (κ2) is 8.46. The van der Waals surface area contributed by atoms with Gasteiger partial charge in [-0.3, -0.25) is 0 Å². The zero-order valence-corrected chi connectivity index (χ0v) is 9.66. The highest BCUT2D eigenvalue weighted by Gasteiger charge is 2.34. The zero-order valence-electron chi connectivity index (χ0n) is 9.66. The lowest BCUT2D eigenvalue weighted by Crippen LogP contribution is -2.26. The number of alkyl halides is 2. The van der Waals surface area contributed by atoms with Gasteiger partial charge in [-0.05, 0) is 12.8 Å². The van der Waals surface area contributed by atoms with Crippen LogP contribution < -0.4 is 0 Å². The van der Waals surface area contributed by atoms with Crippen LogP contribution in [-0.2, 0) is 0 Å². The smallest absolute Gasteiger partial charge is 0.207 e. The molecule has 82 valence electrons. The molecule has 0 rings (SSSR count). The van der Waals surface area contributed by atoms with Gasteiger partial charge in [0.25, 0.3) is 5.92 Å². The van der Waals surface area contributed by atoms with Crippen LogP contribution in [0.5, 0.6) is 0 Å². The first-order valence-corrected chi connectivity index (χ1v) is 5.46. The van der Waals surface area contributed by atoms with Crippen molar-refractivity contribution in [3.05, 3.63) is 0 Å². The minimum Gasteiger partial charge on any atom is -0.207 e. The molecule has 0 aromatic heterocycles. The van der Waals surface area contributed by atoms with Gasteiger partial charge >= 0.3 is 0 Å². The van der Waals surface area contributed by atoms with Gasteiger partial charge in [0.05, 0.1) is 0 Å². The van der Waals surface area contributed by atoms with E-state index in [-0.39, 0.29) is 6.42 Å². The molecule has 1 unspecified atom stereocenters. The van der Waals surface area contributed by atoms with E-state index in [1.165, 1.54) is 0 Å². The second-order valence-electron chi connectivity index (χ2n) is 3.01. The Hall–Kier alpha value is -0.140. The first kappa shape index (κ1) is 15.3. The molecule has 0 bridgehead atoms. The molecule has 0 amide bonds. The van der Waals surface area contributed by atoms with Gasteiger partial charge in [0, 0.05) is 12.3 Å². The predicted molar refractivity (Wildman–Crippen MR) is 55.3 cm³/mol. The third kappa shape index (κ3) is 6.00. The fraction of sp³-hybridized carbons (Fsp3) is 1.00. The lowest BCUT2D eigenvalue weighted by atomic mass is 9.92. The van der Waals surface area contributed by atoms with Crippen molar-refractivity contribution in [1.82, 2.24) is 0 Å². The normalized spacial score (nSPS) is 13.2. The van der Waals surface area contributed by atoms with Crippen molar-refractivity contribution in [3.8, 4) is 0 Å². The van der Waals surface area contributed by atoms with E-state index in [1.54, 1.807) is 6.92 Å². The molecule has 1 atom stereocenters. The summed E-state index contributed by atoms with van der Waals surface area (Å²) in [6.07, 6.45) is 2.08. The maximum absolute atomic E-state index is 13.0. The molecule has 0 heterocycles. The van der Waals surface area contributed by atoms with Crippen molar-refractivity contribution < 1.29 is 8.78 Å². The number of hydrogen-bond donors (Lipinski definition) is 0. The van der Waals surface area contributed by atoms with Crippen molar-refractivity contribution >= 4 is 0 Å². The van der Waals surface area contributed by atoms with E-state index in [2.05, 4.69) is 0 Å². The fourth-order valence-corrected chi connectivity index (χ4v) is 1.35. The van der Waals surface area contributed by atoms with E-state index in [9.17, 15) is 8.78 Å². The molecule has 0 fully saturated rings. The van der Waals surface area contributed by atoms with Crippen LogP contribution in [0.15, 0.2) is 0 Å². The van der Waals surface area contributed by atoms with Gasteiger partial charge in [-0.25, -0.2) is 8.78 Å². The van der Waals surface area contributed by atoms with Gasteiger partial charge in [0.2, 0.25) is 0 Å². The Morgan fingerprint density at radius 2 is 1.54 bits per heavy atom. The monoisotopic (exact) mass is 194 g/mol. The van der Waals surface area contributed by atoms with Crippen molar-refractivity contribution in [1.29, 1.82) is 0 Å². The van der Waals surface area contributed by atoms with E-state index < -0.39 is 11.8 Å². The average molecular weight is 194 g/mol. The summed E-state index contributed by atoms with van der Waals surface area (Å²) in [5, 5.41) is 0. The zero-order chi connectivity index (χ0) is 10.9. The number of rotatable bonds is 5. The molecule has 0 nitrogen and oxygen atoms in total. The summed E-state index contributed by atoms with van der Waals surface area (Å²) >= 11 is 0. The highest BCUT2D eigenvalue weighted by atomic mass is 19.3. The Kier molecular flexibility index (Phi) is 9.98. The topological polar surface area (TPSA) is 0 Å².